The first-order chi connectivity index (χ1) is 13.3. The molecule has 2 unspecified atom stereocenters. The molecule has 1 saturated heterocycles. The van der Waals surface area contributed by atoms with E-state index in [0.717, 1.165) is 9.87 Å². The molecule has 1 aliphatic rings. The van der Waals surface area contributed by atoms with Gasteiger partial charge in [-0.15, -0.1) is 0 Å². The number of sulfonamides is 1. The monoisotopic (exact) mass is 422 g/mol. The maximum absolute atomic E-state index is 12.5. The van der Waals surface area contributed by atoms with Gasteiger partial charge in [0.15, 0.2) is 0 Å². The first-order valence-corrected chi connectivity index (χ1v) is 10.7. The summed E-state index contributed by atoms with van der Waals surface area (Å²) in [5.41, 5.74) is 7.70. The summed E-state index contributed by atoms with van der Waals surface area (Å²) in [7, 11) is -0.616. The van der Waals surface area contributed by atoms with E-state index in [1.165, 1.54) is 14.1 Å². The Morgan fingerprint density at radius 3 is 2.50 bits per heavy atom. The van der Waals surface area contributed by atoms with Gasteiger partial charge in [0.1, 0.15) is 6.04 Å². The zero-order chi connectivity index (χ0) is 20.3. The largest absolute Gasteiger partial charge is 0.351 e. The number of amides is 1. The summed E-state index contributed by atoms with van der Waals surface area (Å²) in [6, 6.07) is 13.7. The van der Waals surface area contributed by atoms with Crippen molar-refractivity contribution < 1.29 is 13.2 Å². The summed E-state index contributed by atoms with van der Waals surface area (Å²) in [5.74, 6) is -0.194. The van der Waals surface area contributed by atoms with Crippen LogP contribution in [0.1, 0.15) is 23.6 Å². The van der Waals surface area contributed by atoms with Crippen LogP contribution in [-0.2, 0) is 21.4 Å². The molecule has 7 nitrogen and oxygen atoms in total. The fraction of sp³-hybridized carbons (Fsp3) is 0.316. The molecular formula is C19H23ClN4O3S. The maximum atomic E-state index is 12.5. The molecule has 28 heavy (non-hydrogen) atoms. The molecule has 0 bridgehead atoms. The fourth-order valence-electron chi connectivity index (χ4n) is 3.05. The van der Waals surface area contributed by atoms with Crippen LogP contribution in [-0.4, -0.2) is 38.8 Å². The number of carbonyl (C=O) groups excluding carboxylic acids is 1. The van der Waals surface area contributed by atoms with Crippen LogP contribution in [0.4, 0.5) is 0 Å². The third kappa shape index (κ3) is 4.53. The van der Waals surface area contributed by atoms with Crippen LogP contribution in [0.3, 0.4) is 0 Å². The van der Waals surface area contributed by atoms with E-state index < -0.39 is 16.1 Å². The van der Waals surface area contributed by atoms with Gasteiger partial charge in [-0.1, -0.05) is 41.9 Å². The first kappa shape index (κ1) is 20.8. The van der Waals surface area contributed by atoms with Crippen molar-refractivity contribution in [2.24, 2.45) is 0 Å². The molecule has 1 fully saturated rings. The molecule has 0 aromatic heterocycles. The lowest BCUT2D eigenvalue weighted by Gasteiger charge is -2.16. The Bertz CT molecular complexity index is 948. The number of hydrazine groups is 1. The standard InChI is InChI=1S/C19H23ClN4O3S/c1-24(2)28(26,27)18-6-4-3-5-14(18)12-21-19(25)17-11-16(22-23-17)13-7-9-15(20)10-8-13/h3-10,16-17,22-23H,11-12H2,1-2H3,(H,21,25). The van der Waals surface area contributed by atoms with Crippen molar-refractivity contribution in [1.29, 1.82) is 0 Å². The van der Waals surface area contributed by atoms with Gasteiger partial charge in [0.2, 0.25) is 15.9 Å². The third-order valence-corrected chi connectivity index (χ3v) is 6.84. The molecular weight excluding hydrogens is 400 g/mol. The van der Waals surface area contributed by atoms with E-state index in [1.807, 2.05) is 24.3 Å². The highest BCUT2D eigenvalue weighted by Crippen LogP contribution is 2.24. The molecule has 0 saturated carbocycles. The third-order valence-electron chi connectivity index (χ3n) is 4.68. The van der Waals surface area contributed by atoms with Gasteiger partial charge in [0.25, 0.3) is 0 Å². The summed E-state index contributed by atoms with van der Waals surface area (Å²) >= 11 is 5.92. The molecule has 2 aromatic carbocycles. The Morgan fingerprint density at radius 2 is 1.82 bits per heavy atom. The zero-order valence-electron chi connectivity index (χ0n) is 15.6. The normalized spacial score (nSPS) is 19.7. The van der Waals surface area contributed by atoms with E-state index in [2.05, 4.69) is 16.2 Å². The average molecular weight is 423 g/mol. The Kier molecular flexibility index (Phi) is 6.36. The van der Waals surface area contributed by atoms with Crippen molar-refractivity contribution >= 4 is 27.5 Å². The molecule has 3 rings (SSSR count). The van der Waals surface area contributed by atoms with Crippen LogP contribution in [0.2, 0.25) is 5.02 Å². The van der Waals surface area contributed by atoms with Crippen molar-refractivity contribution in [3.05, 3.63) is 64.7 Å². The Balaban J connectivity index is 1.63. The number of nitrogens with zero attached hydrogens (tertiary/aromatic N) is 1. The summed E-state index contributed by atoms with van der Waals surface area (Å²) in [4.78, 5) is 12.7. The Morgan fingerprint density at radius 1 is 1.14 bits per heavy atom. The van der Waals surface area contributed by atoms with Crippen LogP contribution in [0.5, 0.6) is 0 Å². The number of carbonyl (C=O) groups is 1. The minimum atomic E-state index is -3.58. The highest BCUT2D eigenvalue weighted by molar-refractivity contribution is 7.89. The summed E-state index contributed by atoms with van der Waals surface area (Å²) < 4.78 is 26.1. The van der Waals surface area contributed by atoms with Gasteiger partial charge in [-0.2, -0.15) is 0 Å². The minimum absolute atomic E-state index is 0.00517. The molecule has 2 atom stereocenters. The van der Waals surface area contributed by atoms with Gasteiger partial charge in [0.05, 0.1) is 4.90 Å². The topological polar surface area (TPSA) is 90.5 Å². The minimum Gasteiger partial charge on any atom is -0.351 e. The van der Waals surface area contributed by atoms with Gasteiger partial charge in [0, 0.05) is 31.7 Å². The number of nitrogens with one attached hydrogen (secondary N) is 3. The van der Waals surface area contributed by atoms with E-state index in [0.29, 0.717) is 17.0 Å². The molecule has 1 heterocycles. The average Bonchev–Trinajstić information content (AvgIpc) is 3.17. The molecule has 3 N–H and O–H groups in total. The van der Waals surface area contributed by atoms with Gasteiger partial charge in [-0.3, -0.25) is 4.79 Å². The molecule has 2 aromatic rings. The lowest BCUT2D eigenvalue weighted by atomic mass is 10.0. The van der Waals surface area contributed by atoms with Gasteiger partial charge in [-0.25, -0.2) is 23.6 Å². The first-order valence-electron chi connectivity index (χ1n) is 8.83. The van der Waals surface area contributed by atoms with Crippen LogP contribution in [0.25, 0.3) is 0 Å². The van der Waals surface area contributed by atoms with Crippen LogP contribution >= 0.6 is 11.6 Å². The smallest absolute Gasteiger partial charge is 0.242 e. The second kappa shape index (κ2) is 8.59. The molecule has 1 aliphatic heterocycles. The predicted octanol–water partition coefficient (Wildman–Crippen LogP) is 1.81. The maximum Gasteiger partial charge on any atom is 0.242 e. The summed E-state index contributed by atoms with van der Waals surface area (Å²) in [6.45, 7) is 0.131. The second-order valence-electron chi connectivity index (χ2n) is 6.79. The van der Waals surface area contributed by atoms with Crippen molar-refractivity contribution in [1.82, 2.24) is 20.5 Å². The Labute approximate surface area is 170 Å². The van der Waals surface area contributed by atoms with Crippen LogP contribution in [0.15, 0.2) is 53.4 Å². The number of benzene rings is 2. The fourth-order valence-corrected chi connectivity index (χ4v) is 4.29. The van der Waals surface area contributed by atoms with Gasteiger partial charge in [-0.05, 0) is 35.7 Å². The molecule has 0 aliphatic carbocycles. The summed E-state index contributed by atoms with van der Waals surface area (Å²) in [6.07, 6.45) is 0.575. The van der Waals surface area contributed by atoms with Gasteiger partial charge >= 0.3 is 0 Å². The van der Waals surface area contributed by atoms with Gasteiger partial charge < -0.3 is 5.32 Å². The van der Waals surface area contributed by atoms with Crippen molar-refractivity contribution in [2.75, 3.05) is 14.1 Å². The van der Waals surface area contributed by atoms with E-state index >= 15 is 0 Å². The van der Waals surface area contributed by atoms with E-state index in [1.54, 1.807) is 24.3 Å². The van der Waals surface area contributed by atoms with Crippen LogP contribution < -0.4 is 16.2 Å². The highest BCUT2D eigenvalue weighted by atomic mass is 35.5. The number of halogens is 1. The quantitative estimate of drug-likeness (QED) is 0.660. The Hall–Kier alpha value is -1.97. The lowest BCUT2D eigenvalue weighted by molar-refractivity contribution is -0.123. The highest BCUT2D eigenvalue weighted by Gasteiger charge is 2.30. The van der Waals surface area contributed by atoms with E-state index in [9.17, 15) is 13.2 Å². The molecule has 0 spiro atoms. The summed E-state index contributed by atoms with van der Waals surface area (Å²) in [5, 5.41) is 3.49. The SMILES string of the molecule is CN(C)S(=O)(=O)c1ccccc1CNC(=O)C1CC(c2ccc(Cl)cc2)NN1. The zero-order valence-corrected chi connectivity index (χ0v) is 17.2. The molecule has 9 heteroatoms. The van der Waals surface area contributed by atoms with E-state index in [-0.39, 0.29) is 23.4 Å². The second-order valence-corrected chi connectivity index (χ2v) is 9.35. The van der Waals surface area contributed by atoms with Crippen molar-refractivity contribution in [3.63, 3.8) is 0 Å². The lowest BCUT2D eigenvalue weighted by Crippen LogP contribution is -2.43. The predicted molar refractivity (Wildman–Crippen MR) is 108 cm³/mol. The van der Waals surface area contributed by atoms with Crippen molar-refractivity contribution in [2.45, 2.75) is 29.9 Å². The number of hydrogen-bond donors (Lipinski definition) is 3. The van der Waals surface area contributed by atoms with Crippen LogP contribution in [0, 0.1) is 0 Å². The molecule has 150 valence electrons. The number of hydrogen-bond acceptors (Lipinski definition) is 5. The molecule has 1 amide bonds. The molecule has 0 radical (unpaired) electrons. The van der Waals surface area contributed by atoms with Crippen molar-refractivity contribution in [3.8, 4) is 0 Å². The van der Waals surface area contributed by atoms with E-state index in [4.69, 9.17) is 11.6 Å². The number of rotatable bonds is 6.